The Labute approximate surface area is 184 Å². The fourth-order valence-corrected chi connectivity index (χ4v) is 4.06. The first-order valence-corrected chi connectivity index (χ1v) is 10.5. The smallest absolute Gasteiger partial charge is 0.224 e. The SMILES string of the molecule is COc1cccc(C(CNC(=O)Cc2cc(OC)c(OC)c(OC)c2)N2CCCC2)c1. The second-order valence-electron chi connectivity index (χ2n) is 7.55. The van der Waals surface area contributed by atoms with Crippen LogP contribution in [0.4, 0.5) is 0 Å². The summed E-state index contributed by atoms with van der Waals surface area (Å²) < 4.78 is 21.5. The highest BCUT2D eigenvalue weighted by Crippen LogP contribution is 2.38. The van der Waals surface area contributed by atoms with Gasteiger partial charge in [0, 0.05) is 6.54 Å². The van der Waals surface area contributed by atoms with Crippen LogP contribution in [0.15, 0.2) is 36.4 Å². The third kappa shape index (κ3) is 5.61. The summed E-state index contributed by atoms with van der Waals surface area (Å²) in [6.45, 7) is 2.60. The molecule has 1 atom stereocenters. The van der Waals surface area contributed by atoms with Crippen LogP contribution in [0.25, 0.3) is 0 Å². The molecule has 0 spiro atoms. The fourth-order valence-electron chi connectivity index (χ4n) is 4.06. The molecule has 1 unspecified atom stereocenters. The second kappa shape index (κ2) is 10.9. The molecule has 7 nitrogen and oxygen atoms in total. The second-order valence-corrected chi connectivity index (χ2v) is 7.55. The number of nitrogens with one attached hydrogen (secondary N) is 1. The van der Waals surface area contributed by atoms with E-state index in [-0.39, 0.29) is 18.4 Å². The van der Waals surface area contributed by atoms with Crippen LogP contribution in [-0.2, 0) is 11.2 Å². The summed E-state index contributed by atoms with van der Waals surface area (Å²) in [5, 5.41) is 3.11. The van der Waals surface area contributed by atoms with Gasteiger partial charge in [-0.2, -0.15) is 0 Å². The number of amides is 1. The molecular formula is C24H32N2O5. The maximum atomic E-state index is 12.8. The van der Waals surface area contributed by atoms with Crippen molar-refractivity contribution in [2.75, 3.05) is 48.1 Å². The Bertz CT molecular complexity index is 855. The van der Waals surface area contributed by atoms with Crippen molar-refractivity contribution in [3.05, 3.63) is 47.5 Å². The fraction of sp³-hybridized carbons (Fsp3) is 0.458. The number of likely N-dealkylation sites (tertiary alicyclic amines) is 1. The molecule has 2 aromatic carbocycles. The van der Waals surface area contributed by atoms with Crippen molar-refractivity contribution in [3.63, 3.8) is 0 Å². The minimum atomic E-state index is -0.0543. The van der Waals surface area contributed by atoms with E-state index in [1.807, 2.05) is 18.2 Å². The Kier molecular flexibility index (Phi) is 8.00. The summed E-state index contributed by atoms with van der Waals surface area (Å²) in [7, 11) is 6.36. The minimum Gasteiger partial charge on any atom is -0.497 e. The third-order valence-electron chi connectivity index (χ3n) is 5.64. The summed E-state index contributed by atoms with van der Waals surface area (Å²) in [5.74, 6) is 2.36. The Balaban J connectivity index is 1.71. The molecule has 1 saturated heterocycles. The monoisotopic (exact) mass is 428 g/mol. The number of hydrogen-bond acceptors (Lipinski definition) is 6. The lowest BCUT2D eigenvalue weighted by Crippen LogP contribution is -2.37. The summed E-state index contributed by atoms with van der Waals surface area (Å²) in [6, 6.07) is 11.8. The van der Waals surface area contributed by atoms with E-state index in [1.165, 1.54) is 12.8 Å². The van der Waals surface area contributed by atoms with Crippen LogP contribution in [0.5, 0.6) is 23.0 Å². The zero-order valence-corrected chi connectivity index (χ0v) is 18.8. The van der Waals surface area contributed by atoms with Crippen molar-refractivity contribution >= 4 is 5.91 Å². The molecule has 1 fully saturated rings. The lowest BCUT2D eigenvalue weighted by atomic mass is 10.0. The highest BCUT2D eigenvalue weighted by Gasteiger charge is 2.24. The van der Waals surface area contributed by atoms with Crippen molar-refractivity contribution in [1.29, 1.82) is 0 Å². The lowest BCUT2D eigenvalue weighted by Gasteiger charge is -2.28. The van der Waals surface area contributed by atoms with E-state index in [1.54, 1.807) is 40.6 Å². The van der Waals surface area contributed by atoms with Gasteiger partial charge in [-0.25, -0.2) is 0 Å². The Hall–Kier alpha value is -2.93. The van der Waals surface area contributed by atoms with E-state index in [0.29, 0.717) is 23.8 Å². The molecule has 168 valence electrons. The van der Waals surface area contributed by atoms with Gasteiger partial charge < -0.3 is 24.3 Å². The van der Waals surface area contributed by atoms with Gasteiger partial charge in [0.25, 0.3) is 0 Å². The van der Waals surface area contributed by atoms with Gasteiger partial charge in [-0.15, -0.1) is 0 Å². The molecule has 0 radical (unpaired) electrons. The molecule has 1 amide bonds. The zero-order chi connectivity index (χ0) is 22.2. The number of ether oxygens (including phenoxy) is 4. The highest BCUT2D eigenvalue weighted by atomic mass is 16.5. The Morgan fingerprint density at radius 2 is 1.65 bits per heavy atom. The van der Waals surface area contributed by atoms with E-state index < -0.39 is 0 Å². The molecule has 1 aliphatic rings. The van der Waals surface area contributed by atoms with Gasteiger partial charge in [-0.1, -0.05) is 12.1 Å². The van der Waals surface area contributed by atoms with Crippen molar-refractivity contribution in [2.45, 2.75) is 25.3 Å². The summed E-state index contributed by atoms with van der Waals surface area (Å²) in [5.41, 5.74) is 1.94. The van der Waals surface area contributed by atoms with Gasteiger partial charge in [0.2, 0.25) is 11.7 Å². The van der Waals surface area contributed by atoms with Gasteiger partial charge >= 0.3 is 0 Å². The number of methoxy groups -OCH3 is 4. The molecule has 1 aliphatic heterocycles. The van der Waals surface area contributed by atoms with Crippen LogP contribution in [0.3, 0.4) is 0 Å². The van der Waals surface area contributed by atoms with E-state index >= 15 is 0 Å². The first kappa shape index (κ1) is 22.7. The average molecular weight is 429 g/mol. The number of benzene rings is 2. The van der Waals surface area contributed by atoms with Crippen molar-refractivity contribution in [2.24, 2.45) is 0 Å². The first-order valence-electron chi connectivity index (χ1n) is 10.5. The summed E-state index contributed by atoms with van der Waals surface area (Å²) in [6.07, 6.45) is 2.58. The van der Waals surface area contributed by atoms with Crippen molar-refractivity contribution in [3.8, 4) is 23.0 Å². The van der Waals surface area contributed by atoms with Gasteiger partial charge in [0.05, 0.1) is 40.9 Å². The van der Waals surface area contributed by atoms with Crippen molar-refractivity contribution in [1.82, 2.24) is 10.2 Å². The molecule has 7 heteroatoms. The largest absolute Gasteiger partial charge is 0.497 e. The highest BCUT2D eigenvalue weighted by molar-refractivity contribution is 5.79. The van der Waals surface area contributed by atoms with Crippen LogP contribution >= 0.6 is 0 Å². The summed E-state index contributed by atoms with van der Waals surface area (Å²) in [4.78, 5) is 15.2. The quantitative estimate of drug-likeness (QED) is 0.627. The van der Waals surface area contributed by atoms with Crippen LogP contribution < -0.4 is 24.3 Å². The van der Waals surface area contributed by atoms with E-state index in [9.17, 15) is 4.79 Å². The average Bonchev–Trinajstić information content (AvgIpc) is 3.33. The predicted molar refractivity (Wildman–Crippen MR) is 119 cm³/mol. The maximum Gasteiger partial charge on any atom is 0.224 e. The molecule has 0 bridgehead atoms. The Morgan fingerprint density at radius 1 is 0.968 bits per heavy atom. The molecule has 3 rings (SSSR count). The molecule has 2 aromatic rings. The molecule has 0 aromatic heterocycles. The molecular weight excluding hydrogens is 396 g/mol. The maximum absolute atomic E-state index is 12.8. The molecule has 1 N–H and O–H groups in total. The molecule has 0 aliphatic carbocycles. The normalized spacial score (nSPS) is 14.7. The Morgan fingerprint density at radius 3 is 2.23 bits per heavy atom. The molecule has 31 heavy (non-hydrogen) atoms. The molecule has 0 saturated carbocycles. The number of carbonyl (C=O) groups excluding carboxylic acids is 1. The third-order valence-corrected chi connectivity index (χ3v) is 5.64. The predicted octanol–water partition coefficient (Wildman–Crippen LogP) is 3.22. The van der Waals surface area contributed by atoms with Gasteiger partial charge in [0.1, 0.15) is 5.75 Å². The van der Waals surface area contributed by atoms with Crippen LogP contribution in [0.2, 0.25) is 0 Å². The van der Waals surface area contributed by atoms with Crippen molar-refractivity contribution < 1.29 is 23.7 Å². The number of nitrogens with zero attached hydrogens (tertiary/aromatic N) is 1. The minimum absolute atomic E-state index is 0.0543. The number of carbonyl (C=O) groups is 1. The van der Waals surface area contributed by atoms with Crippen LogP contribution in [0.1, 0.15) is 30.0 Å². The van der Waals surface area contributed by atoms with Crippen LogP contribution in [0, 0.1) is 0 Å². The zero-order valence-electron chi connectivity index (χ0n) is 18.8. The topological polar surface area (TPSA) is 69.3 Å². The summed E-state index contributed by atoms with van der Waals surface area (Å²) >= 11 is 0. The van der Waals surface area contributed by atoms with E-state index in [2.05, 4.69) is 16.3 Å². The molecule has 1 heterocycles. The first-order chi connectivity index (χ1) is 15.1. The number of hydrogen-bond donors (Lipinski definition) is 1. The standard InChI is InChI=1S/C24H32N2O5/c1-28-19-9-7-8-18(15-19)20(26-10-5-6-11-26)16-25-23(27)14-17-12-21(29-2)24(31-4)22(13-17)30-3/h7-9,12-13,15,20H,5-6,10-11,14,16H2,1-4H3,(H,25,27). The van der Waals surface area contributed by atoms with E-state index in [4.69, 9.17) is 18.9 Å². The number of rotatable bonds is 10. The van der Waals surface area contributed by atoms with Crippen LogP contribution in [-0.4, -0.2) is 58.9 Å². The lowest BCUT2D eigenvalue weighted by molar-refractivity contribution is -0.120. The van der Waals surface area contributed by atoms with Gasteiger partial charge in [0.15, 0.2) is 11.5 Å². The van der Waals surface area contributed by atoms with Gasteiger partial charge in [-0.05, 0) is 61.3 Å². The van der Waals surface area contributed by atoms with E-state index in [0.717, 1.165) is 30.0 Å². The van der Waals surface area contributed by atoms with Gasteiger partial charge in [-0.3, -0.25) is 9.69 Å².